The Hall–Kier alpha value is 3.20. The van der Waals surface area contributed by atoms with Crippen LogP contribution in [0.15, 0.2) is 0 Å². The minimum atomic E-state index is -3.13. The Bertz CT molecular complexity index is 48.3. The topological polar surface area (TPSA) is 57.5 Å². The van der Waals surface area contributed by atoms with Crippen molar-refractivity contribution >= 4 is 121 Å². The molecule has 0 aliphatic heterocycles. The smallest absolute Gasteiger partial charge is 1.00 e. The molecule has 0 unspecified atom stereocenters. The Balaban J connectivity index is -0.00000000214. The van der Waals surface area contributed by atoms with E-state index >= 15 is 0 Å². The van der Waals surface area contributed by atoms with Gasteiger partial charge in [-0.05, 0) is 0 Å². The summed E-state index contributed by atoms with van der Waals surface area (Å²) < 4.78 is 8.74. The molecule has 0 radical (unpaired) electrons. The average molecular weight is 337 g/mol. The summed E-state index contributed by atoms with van der Waals surface area (Å²) in [6.07, 6.45) is 0. The van der Waals surface area contributed by atoms with Gasteiger partial charge < -0.3 is 15.3 Å². The van der Waals surface area contributed by atoms with Gasteiger partial charge in [-0.1, -0.05) is 0 Å². The Kier molecular flexibility index (Phi) is 51.6. The maximum absolute atomic E-state index is 8.74. The van der Waals surface area contributed by atoms with Crippen molar-refractivity contribution in [3.05, 3.63) is 0 Å². The molecule has 0 aromatic heterocycles. The van der Waals surface area contributed by atoms with Gasteiger partial charge in [0, 0.05) is 0 Å². The summed E-state index contributed by atoms with van der Waals surface area (Å²) in [7, 11) is -3.13. The largest absolute Gasteiger partial charge is 2.00 e. The molecule has 0 fully saturated rings. The third-order valence-electron chi connectivity index (χ3n) is 0. The second-order valence-electron chi connectivity index (χ2n) is 0.283. The van der Waals surface area contributed by atoms with Gasteiger partial charge in [-0.25, -0.2) is 0 Å². The van der Waals surface area contributed by atoms with Crippen LogP contribution in [0.25, 0.3) is 0 Å². The van der Waals surface area contributed by atoms with E-state index in [2.05, 4.69) is 0 Å². The van der Waals surface area contributed by atoms with Crippen LogP contribution in [0.5, 0.6) is 0 Å². The summed E-state index contributed by atoms with van der Waals surface area (Å²) in [5, 5.41) is 0. The fourth-order valence-corrected chi connectivity index (χ4v) is 0. The van der Waals surface area contributed by atoms with Crippen molar-refractivity contribution in [2.24, 2.45) is 0 Å². The van der Waals surface area contributed by atoms with E-state index in [1.165, 1.54) is 0 Å². The van der Waals surface area contributed by atoms with Gasteiger partial charge in [-0.15, -0.1) is 0 Å². The van der Waals surface area contributed by atoms with Crippen LogP contribution in [0, 0.1) is 0 Å². The summed E-state index contributed by atoms with van der Waals surface area (Å²) >= 11 is 0. The van der Waals surface area contributed by atoms with Gasteiger partial charge in [0.15, 0.2) is 17.4 Å². The van der Waals surface area contributed by atoms with Crippen molar-refractivity contribution < 1.29 is 19.8 Å². The van der Waals surface area contributed by atoms with E-state index < -0.39 is 9.17 Å². The summed E-state index contributed by atoms with van der Waals surface area (Å²) in [6, 6.07) is 0. The van der Waals surface area contributed by atoms with Crippen LogP contribution in [-0.4, -0.2) is 130 Å². The second-order valence-corrected chi connectivity index (χ2v) is 0.848. The summed E-state index contributed by atoms with van der Waals surface area (Å²) in [5.74, 6) is 0. The van der Waals surface area contributed by atoms with Crippen LogP contribution >= 0.6 is 0 Å². The van der Waals surface area contributed by atoms with Crippen LogP contribution in [0.1, 0.15) is 5.71 Å². The van der Waals surface area contributed by atoms with Crippen molar-refractivity contribution in [3.63, 3.8) is 0 Å². The van der Waals surface area contributed by atoms with Gasteiger partial charge in [0.2, 0.25) is 0 Å². The van der Waals surface area contributed by atoms with Crippen molar-refractivity contribution in [1.82, 2.24) is 0 Å². The molecule has 7 heavy (non-hydrogen) atoms. The molecule has 0 saturated carbocycles. The Morgan fingerprint density at radius 2 is 1.43 bits per heavy atom. The van der Waals surface area contributed by atoms with Crippen LogP contribution in [0.3, 0.4) is 0 Å². The molecule has 7 heteroatoms. The molecular weight excluding hydrogens is 328 g/mol. The zero-order valence-electron chi connectivity index (χ0n) is 7.22. The molecule has 0 atom stereocenters. The molecule has 0 aliphatic rings. The molecule has 0 bridgehead atoms. The van der Waals surface area contributed by atoms with Crippen molar-refractivity contribution in [1.29, 1.82) is 0 Å². The van der Waals surface area contributed by atoms with Crippen LogP contribution in [0.4, 0.5) is 0 Å². The standard InChI is InChI=1S/Al.Ba.H2O3Si.Sr.7H/c;;1-4(2)3;;;;;;;;/h;;1-2H;;;;;;;;/q;+2;;+2;;;;4*-1. The third kappa shape index (κ3) is 46.6. The van der Waals surface area contributed by atoms with Gasteiger partial charge in [0.25, 0.3) is 0 Å². The zero-order chi connectivity index (χ0) is 3.58. The molecule has 0 aromatic carbocycles. The van der Waals surface area contributed by atoms with Gasteiger partial charge in [-0.2, -0.15) is 0 Å². The second kappa shape index (κ2) is 16.1. The molecular formula is H9AlBaO3SiSr. The first-order valence-corrected chi connectivity index (χ1v) is 1.95. The van der Waals surface area contributed by atoms with E-state index in [1.54, 1.807) is 0 Å². The Morgan fingerprint density at radius 3 is 1.43 bits per heavy atom. The summed E-state index contributed by atoms with van der Waals surface area (Å²) in [5.41, 5.74) is 0. The predicted molar refractivity (Wildman–Crippen MR) is 36.8 cm³/mol. The van der Waals surface area contributed by atoms with Crippen molar-refractivity contribution in [2.75, 3.05) is 0 Å². The minimum absolute atomic E-state index is 0. The van der Waals surface area contributed by atoms with E-state index in [4.69, 9.17) is 14.1 Å². The zero-order valence-corrected chi connectivity index (χ0v) is 12.1. The van der Waals surface area contributed by atoms with E-state index in [9.17, 15) is 0 Å². The fraction of sp³-hybridized carbons (Fsp3) is 0. The van der Waals surface area contributed by atoms with Crippen molar-refractivity contribution in [2.45, 2.75) is 0 Å². The monoisotopic (exact) mass is 338 g/mol. The number of rotatable bonds is 0. The first-order valence-electron chi connectivity index (χ1n) is 0.651. The van der Waals surface area contributed by atoms with Gasteiger partial charge >= 0.3 is 104 Å². The molecule has 0 heterocycles. The van der Waals surface area contributed by atoms with Gasteiger partial charge in [0.05, 0.1) is 0 Å². The first-order chi connectivity index (χ1) is 1.73. The molecule has 0 spiro atoms. The average Bonchev–Trinajstić information content (AvgIpc) is 0.811. The van der Waals surface area contributed by atoms with Crippen LogP contribution in [0.2, 0.25) is 0 Å². The predicted octanol–water partition coefficient (Wildman–Crippen LogP) is -3.11. The Morgan fingerprint density at radius 1 is 1.43 bits per heavy atom. The molecule has 0 aromatic rings. The summed E-state index contributed by atoms with van der Waals surface area (Å²) in [4.78, 5) is 14.3. The van der Waals surface area contributed by atoms with E-state index in [1.807, 2.05) is 0 Å². The molecule has 0 aliphatic carbocycles. The molecule has 3 nitrogen and oxygen atoms in total. The Labute approximate surface area is 137 Å². The normalized spacial score (nSPS) is 3.43. The van der Waals surface area contributed by atoms with E-state index in [-0.39, 0.29) is 117 Å². The minimum Gasteiger partial charge on any atom is -1.00 e. The maximum atomic E-state index is 8.74. The molecule has 0 rings (SSSR count). The SMILES string of the molecule is O=[Si](O)O.[AlH3].[Ba+2].[H-].[H-].[H-].[H-].[Sr+2]. The maximum Gasteiger partial charge on any atom is 2.00 e. The summed E-state index contributed by atoms with van der Waals surface area (Å²) in [6.45, 7) is 0. The van der Waals surface area contributed by atoms with Gasteiger partial charge in [0.1, 0.15) is 0 Å². The number of hydrogen-bond acceptors (Lipinski definition) is 1. The fourth-order valence-electron chi connectivity index (χ4n) is 0. The molecule has 0 saturated heterocycles. The molecule has 2 N–H and O–H groups in total. The van der Waals surface area contributed by atoms with E-state index in [0.717, 1.165) is 0 Å². The van der Waals surface area contributed by atoms with E-state index in [0.29, 0.717) is 0 Å². The van der Waals surface area contributed by atoms with Crippen molar-refractivity contribution in [3.8, 4) is 0 Å². The van der Waals surface area contributed by atoms with Crippen LogP contribution in [-0.2, 0) is 4.46 Å². The first kappa shape index (κ1) is 22.5. The number of hydrogen-bond donors (Lipinski definition) is 2. The quantitative estimate of drug-likeness (QED) is 0.461. The molecule has 38 valence electrons. The van der Waals surface area contributed by atoms with Crippen LogP contribution < -0.4 is 0 Å². The third-order valence-corrected chi connectivity index (χ3v) is 0. The van der Waals surface area contributed by atoms with Gasteiger partial charge in [-0.3, -0.25) is 4.46 Å². The molecule has 0 amide bonds.